The average Bonchev–Trinajstić information content (AvgIpc) is 3.33. The number of benzene rings is 8. The summed E-state index contributed by atoms with van der Waals surface area (Å²) >= 11 is 0. The summed E-state index contributed by atoms with van der Waals surface area (Å²) in [5.41, 5.74) is 5.16. The Morgan fingerprint density at radius 3 is 0.824 bits per heavy atom. The van der Waals surface area contributed by atoms with Crippen molar-refractivity contribution in [3.05, 3.63) is 240 Å². The predicted molar refractivity (Wildman–Crippen MR) is 258 cm³/mol. The number of aryl methyl sites for hydroxylation is 2. The molecule has 0 N–H and O–H groups in total. The van der Waals surface area contributed by atoms with E-state index in [0.29, 0.717) is 24.0 Å². The van der Waals surface area contributed by atoms with E-state index < -0.39 is 40.5 Å². The summed E-state index contributed by atoms with van der Waals surface area (Å²) in [7, 11) is -15.6. The molecule has 0 saturated heterocycles. The largest absolute Gasteiger partial charge is 0.379 e. The van der Waals surface area contributed by atoms with E-state index in [4.69, 9.17) is 16.7 Å². The van der Waals surface area contributed by atoms with Crippen LogP contribution in [-0.4, -0.2) is 33.7 Å². The first-order valence-electron chi connectivity index (χ1n) is 20.8. The van der Waals surface area contributed by atoms with Crippen LogP contribution in [0.1, 0.15) is 33.4 Å². The zero-order valence-electron chi connectivity index (χ0n) is 36.6. The first-order chi connectivity index (χ1) is 32.5. The quantitative estimate of drug-likeness (QED) is 0.0840. The molecule has 0 bridgehead atoms. The van der Waals surface area contributed by atoms with Crippen molar-refractivity contribution in [1.29, 1.82) is 0 Å². The van der Waals surface area contributed by atoms with Gasteiger partial charge in [0.25, 0.3) is 0 Å². The summed E-state index contributed by atoms with van der Waals surface area (Å²) in [5.74, 6) is 0.974. The molecule has 0 aliphatic rings. The smallest absolute Gasteiger partial charge is 0.339 e. The standard InChI is InChI=1S/C27H24O6S2.C25H20O6S2/c1-20-17-22(13-15-26(20)32-34(28,29)24-9-5-3-6-10-24)19-23-14-16-27(21(2)18-23)33-35(30,31)25-11-7-4-8-12-25;26-32(27,24-7-3-1-4-8-24)30-22-15-11-20(12-16-22)19-21-13-17-23(18-14-21)31-33(28,29)25-9-5-2-6-10-25/h3-18H,19H2,1-2H3;1-18H,19H2. The molecule has 0 aliphatic heterocycles. The van der Waals surface area contributed by atoms with E-state index in [9.17, 15) is 33.7 Å². The van der Waals surface area contributed by atoms with Gasteiger partial charge in [0.05, 0.1) is 0 Å². The minimum absolute atomic E-state index is 0.0886. The van der Waals surface area contributed by atoms with Crippen LogP contribution in [0.25, 0.3) is 0 Å². The Morgan fingerprint density at radius 2 is 0.544 bits per heavy atom. The van der Waals surface area contributed by atoms with Gasteiger partial charge in [-0.25, -0.2) is 0 Å². The average molecular weight is 989 g/mol. The summed E-state index contributed by atoms with van der Waals surface area (Å²) in [5, 5.41) is 0. The Kier molecular flexibility index (Phi) is 15.1. The second-order valence-corrected chi connectivity index (χ2v) is 21.4. The van der Waals surface area contributed by atoms with Crippen LogP contribution in [0.3, 0.4) is 0 Å². The van der Waals surface area contributed by atoms with Crippen LogP contribution in [-0.2, 0) is 53.3 Å². The molecular weight excluding hydrogens is 945 g/mol. The fourth-order valence-corrected chi connectivity index (χ4v) is 10.6. The molecule has 0 unspecified atom stereocenters. The molecular formula is C52H44O12S4. The van der Waals surface area contributed by atoms with Gasteiger partial charge in [-0.1, -0.05) is 121 Å². The third kappa shape index (κ3) is 13.0. The Hall–Kier alpha value is -7.24. The van der Waals surface area contributed by atoms with Gasteiger partial charge in [-0.3, -0.25) is 0 Å². The molecule has 0 heterocycles. The van der Waals surface area contributed by atoms with E-state index in [0.717, 1.165) is 22.3 Å². The maximum atomic E-state index is 12.5. The van der Waals surface area contributed by atoms with Crippen LogP contribution >= 0.6 is 0 Å². The normalized spacial score (nSPS) is 11.7. The summed E-state index contributed by atoms with van der Waals surface area (Å²) in [6.07, 6.45) is 1.14. The highest BCUT2D eigenvalue weighted by Crippen LogP contribution is 2.28. The number of rotatable bonds is 16. The van der Waals surface area contributed by atoms with Crippen LogP contribution < -0.4 is 16.7 Å². The van der Waals surface area contributed by atoms with Crippen LogP contribution in [0, 0.1) is 13.8 Å². The second kappa shape index (κ2) is 21.2. The highest BCUT2D eigenvalue weighted by atomic mass is 32.2. The molecule has 12 nitrogen and oxygen atoms in total. The monoisotopic (exact) mass is 988 g/mol. The lowest BCUT2D eigenvalue weighted by molar-refractivity contribution is 0.482. The zero-order chi connectivity index (χ0) is 48.4. The summed E-state index contributed by atoms with van der Waals surface area (Å²) in [4.78, 5) is 0.363. The van der Waals surface area contributed by atoms with E-state index in [1.54, 1.807) is 147 Å². The minimum atomic E-state index is -3.92. The van der Waals surface area contributed by atoms with Crippen molar-refractivity contribution < 1.29 is 50.4 Å². The van der Waals surface area contributed by atoms with E-state index in [1.165, 1.54) is 48.5 Å². The van der Waals surface area contributed by atoms with Gasteiger partial charge in [-0.2, -0.15) is 33.7 Å². The maximum absolute atomic E-state index is 12.5. The topological polar surface area (TPSA) is 173 Å². The SMILES string of the molecule is Cc1cc(Cc2ccc(OS(=O)(=O)c3ccccc3)c(C)c2)ccc1OS(=O)(=O)c1ccccc1.O=S(=O)(Oc1ccc(Cc2ccc(OS(=O)(=O)c3ccccc3)cc2)cc1)c1ccccc1. The summed E-state index contributed by atoms with van der Waals surface area (Å²) < 4.78 is 120. The molecule has 0 amide bonds. The van der Waals surface area contributed by atoms with Crippen LogP contribution in [0.15, 0.2) is 226 Å². The molecule has 8 rings (SSSR count). The zero-order valence-corrected chi connectivity index (χ0v) is 39.8. The number of hydrogen-bond acceptors (Lipinski definition) is 12. The van der Waals surface area contributed by atoms with Gasteiger partial charge in [-0.05, 0) is 145 Å². The van der Waals surface area contributed by atoms with Crippen molar-refractivity contribution in [3.8, 4) is 23.0 Å². The van der Waals surface area contributed by atoms with Crippen LogP contribution in [0.5, 0.6) is 23.0 Å². The third-order valence-corrected chi connectivity index (χ3v) is 15.1. The Bertz CT molecular complexity index is 3200. The number of hydrogen-bond donors (Lipinski definition) is 0. The van der Waals surface area contributed by atoms with E-state index >= 15 is 0 Å². The first-order valence-corrected chi connectivity index (χ1v) is 26.4. The molecule has 348 valence electrons. The van der Waals surface area contributed by atoms with Crippen molar-refractivity contribution in [2.75, 3.05) is 0 Å². The Balaban J connectivity index is 0.000000202. The molecule has 68 heavy (non-hydrogen) atoms. The highest BCUT2D eigenvalue weighted by molar-refractivity contribution is 7.88. The van der Waals surface area contributed by atoms with Crippen LogP contribution in [0.4, 0.5) is 0 Å². The van der Waals surface area contributed by atoms with Crippen molar-refractivity contribution in [2.45, 2.75) is 46.3 Å². The Morgan fingerprint density at radius 1 is 0.294 bits per heavy atom. The lowest BCUT2D eigenvalue weighted by atomic mass is 10.0. The lowest BCUT2D eigenvalue weighted by Crippen LogP contribution is -2.10. The van der Waals surface area contributed by atoms with Crippen molar-refractivity contribution in [3.63, 3.8) is 0 Å². The minimum Gasteiger partial charge on any atom is -0.379 e. The molecule has 0 aromatic heterocycles. The molecule has 0 radical (unpaired) electrons. The second-order valence-electron chi connectivity index (χ2n) is 15.2. The van der Waals surface area contributed by atoms with Crippen LogP contribution in [0.2, 0.25) is 0 Å². The molecule has 16 heteroatoms. The fraction of sp³-hybridized carbons (Fsp3) is 0.0769. The van der Waals surface area contributed by atoms with E-state index in [-0.39, 0.29) is 42.6 Å². The maximum Gasteiger partial charge on any atom is 0.339 e. The summed E-state index contributed by atoms with van der Waals surface area (Å²) in [6, 6.07) is 56.0. The molecule has 0 atom stereocenters. The van der Waals surface area contributed by atoms with Gasteiger partial charge in [0.1, 0.15) is 42.6 Å². The first kappa shape index (κ1) is 48.7. The third-order valence-electron chi connectivity index (χ3n) is 10.1. The van der Waals surface area contributed by atoms with Crippen molar-refractivity contribution in [1.82, 2.24) is 0 Å². The molecule has 0 saturated carbocycles. The molecule has 0 spiro atoms. The van der Waals surface area contributed by atoms with Crippen molar-refractivity contribution >= 4 is 40.5 Å². The Labute approximate surface area is 397 Å². The molecule has 0 fully saturated rings. The van der Waals surface area contributed by atoms with E-state index in [2.05, 4.69) is 0 Å². The van der Waals surface area contributed by atoms with Gasteiger partial charge in [0.2, 0.25) is 0 Å². The van der Waals surface area contributed by atoms with Gasteiger partial charge >= 0.3 is 40.5 Å². The molecule has 0 aliphatic carbocycles. The molecule has 8 aromatic carbocycles. The fourth-order valence-electron chi connectivity index (χ4n) is 6.66. The van der Waals surface area contributed by atoms with Gasteiger partial charge in [0.15, 0.2) is 0 Å². The highest BCUT2D eigenvalue weighted by Gasteiger charge is 2.20. The van der Waals surface area contributed by atoms with Gasteiger partial charge < -0.3 is 16.7 Å². The van der Waals surface area contributed by atoms with Gasteiger partial charge in [-0.15, -0.1) is 0 Å². The summed E-state index contributed by atoms with van der Waals surface area (Å²) in [6.45, 7) is 3.58. The lowest BCUT2D eigenvalue weighted by Gasteiger charge is -2.12. The van der Waals surface area contributed by atoms with E-state index in [1.807, 2.05) is 24.3 Å². The molecule has 8 aromatic rings. The predicted octanol–water partition coefficient (Wildman–Crippen LogP) is 10.2. The van der Waals surface area contributed by atoms with Gasteiger partial charge in [0, 0.05) is 0 Å². The van der Waals surface area contributed by atoms with Crippen molar-refractivity contribution in [2.24, 2.45) is 0 Å².